The van der Waals surface area contributed by atoms with E-state index in [2.05, 4.69) is 38.5 Å². The van der Waals surface area contributed by atoms with E-state index in [1.165, 1.54) is 48.5 Å². The van der Waals surface area contributed by atoms with Crippen LogP contribution in [0.1, 0.15) is 26.0 Å². The Morgan fingerprint density at radius 3 is 0.986 bits per heavy atom. The van der Waals surface area contributed by atoms with E-state index in [9.17, 15) is 43.9 Å². The largest absolute Gasteiger partial charge is 0.508 e. The first-order valence-corrected chi connectivity index (χ1v) is 29.1. The zero-order valence-electron chi connectivity index (χ0n) is 39.6. The third-order valence-electron chi connectivity index (χ3n) is 11.8. The number of piperazine rings is 2. The Hall–Kier alpha value is -5.02. The lowest BCUT2D eigenvalue weighted by atomic mass is 10.2. The van der Waals surface area contributed by atoms with Crippen LogP contribution < -0.4 is 23.6 Å². The molecule has 0 unspecified atom stereocenters. The number of nitrogens with zero attached hydrogens (tertiary/aromatic N) is 4. The number of aryl methyl sites for hydroxylation is 1. The van der Waals surface area contributed by atoms with Crippen molar-refractivity contribution >= 4 is 40.1 Å². The highest BCUT2D eigenvalue weighted by Gasteiger charge is 2.22. The first kappa shape index (κ1) is 60.5. The minimum absolute atomic E-state index is 0. The van der Waals surface area contributed by atoms with Crippen molar-refractivity contribution in [1.29, 1.82) is 0 Å². The monoisotopic (exact) mass is 1090 g/mol. The maximum Gasteiger partial charge on any atom is 0.240 e. The lowest BCUT2D eigenvalue weighted by molar-refractivity contribution is 0.136. The smallest absolute Gasteiger partial charge is 0.240 e. The molecule has 2 aliphatic rings. The zero-order chi connectivity index (χ0) is 50.9. The van der Waals surface area contributed by atoms with Crippen LogP contribution in [-0.4, -0.2) is 168 Å². The number of hydrogen-bond acceptors (Lipinski definition) is 15. The molecule has 0 aromatic heterocycles. The lowest BCUT2D eigenvalue weighted by Crippen LogP contribution is -2.49. The predicted molar refractivity (Wildman–Crippen MR) is 285 cm³/mol. The van der Waals surface area contributed by atoms with Crippen LogP contribution in [0.5, 0.6) is 17.2 Å². The molecule has 2 saturated heterocycles. The second-order valence-electron chi connectivity index (χ2n) is 17.0. The van der Waals surface area contributed by atoms with Gasteiger partial charge in [0, 0.05) is 105 Å². The van der Waals surface area contributed by atoms with Crippen molar-refractivity contribution in [1.82, 2.24) is 38.5 Å². The van der Waals surface area contributed by atoms with Crippen molar-refractivity contribution in [3.05, 3.63) is 139 Å². The molecule has 0 amide bonds. The average molecular weight is 1090 g/mol. The molecule has 7 rings (SSSR count). The van der Waals surface area contributed by atoms with Gasteiger partial charge in [-0.15, -0.1) is 0 Å². The molecule has 2 aliphatic heterocycles. The summed E-state index contributed by atoms with van der Waals surface area (Å²) in [5.74, 6) is 0.628. The molecule has 2 heterocycles. The Bertz CT molecular complexity index is 2780. The minimum Gasteiger partial charge on any atom is -0.508 e. The third-order valence-corrected chi connectivity index (χ3v) is 17.7. The molecule has 0 bridgehead atoms. The summed E-state index contributed by atoms with van der Waals surface area (Å²) >= 11 is 0. The van der Waals surface area contributed by atoms with Crippen molar-refractivity contribution < 1.29 is 48.6 Å². The van der Waals surface area contributed by atoms with E-state index in [0.717, 1.165) is 63.5 Å². The van der Waals surface area contributed by atoms with Gasteiger partial charge in [-0.3, -0.25) is 19.6 Å². The molecule has 6 N–H and O–H groups in total. The highest BCUT2D eigenvalue weighted by Crippen LogP contribution is 2.19. The van der Waals surface area contributed by atoms with Gasteiger partial charge < -0.3 is 14.9 Å². The Morgan fingerprint density at radius 1 is 0.411 bits per heavy atom. The van der Waals surface area contributed by atoms with Gasteiger partial charge in [0.05, 0.1) is 19.6 Å². The second-order valence-corrected chi connectivity index (χ2v) is 24.1. The van der Waals surface area contributed by atoms with Gasteiger partial charge in [0.1, 0.15) is 23.9 Å². The third kappa shape index (κ3) is 19.6. The maximum absolute atomic E-state index is 12.7. The van der Waals surface area contributed by atoms with E-state index < -0.39 is 40.1 Å². The molecule has 402 valence electrons. The Kier molecular flexibility index (Phi) is 23.7. The van der Waals surface area contributed by atoms with E-state index in [0.29, 0.717) is 51.6 Å². The van der Waals surface area contributed by atoms with E-state index in [1.807, 2.05) is 37.3 Å². The Balaban J connectivity index is 0.000000314. The molecule has 0 radical (unpaired) electrons. The summed E-state index contributed by atoms with van der Waals surface area (Å²) in [7, 11) is -14.4. The van der Waals surface area contributed by atoms with E-state index >= 15 is 0 Å². The Morgan fingerprint density at radius 2 is 0.685 bits per heavy atom. The van der Waals surface area contributed by atoms with Crippen molar-refractivity contribution in [2.24, 2.45) is 0 Å². The molecule has 19 nitrogen and oxygen atoms in total. The van der Waals surface area contributed by atoms with Crippen LogP contribution in [0.15, 0.2) is 147 Å². The first-order valence-electron chi connectivity index (χ1n) is 23.2. The lowest BCUT2D eigenvalue weighted by Gasteiger charge is -2.34. The van der Waals surface area contributed by atoms with Crippen molar-refractivity contribution in [2.75, 3.05) is 105 Å². The minimum atomic E-state index is -3.62. The maximum atomic E-state index is 12.7. The van der Waals surface area contributed by atoms with Crippen LogP contribution in [0.2, 0.25) is 0 Å². The number of nitrogens with one attached hydrogen (secondary N) is 4. The number of sulfonamides is 4. The quantitative estimate of drug-likeness (QED) is 0.0546. The number of rotatable bonds is 23. The molecule has 73 heavy (non-hydrogen) atoms. The van der Waals surface area contributed by atoms with E-state index in [1.54, 1.807) is 48.5 Å². The first-order chi connectivity index (χ1) is 33.9. The molecule has 0 aliphatic carbocycles. The van der Waals surface area contributed by atoms with Gasteiger partial charge in [-0.25, -0.2) is 52.6 Å². The fraction of sp³-hybridized carbons (Fsp3) is 0.400. The second kappa shape index (κ2) is 28.6. The highest BCUT2D eigenvalue weighted by atomic mass is 32.2. The predicted octanol–water partition coefficient (Wildman–Crippen LogP) is 3.69. The molecule has 0 saturated carbocycles. The van der Waals surface area contributed by atoms with Crippen LogP contribution in [-0.2, 0) is 46.7 Å². The summed E-state index contributed by atoms with van der Waals surface area (Å²) in [6, 6.07) is 33.7. The van der Waals surface area contributed by atoms with Crippen LogP contribution in [0, 0.1) is 6.92 Å². The van der Waals surface area contributed by atoms with Crippen LogP contribution in [0.3, 0.4) is 0 Å². The molecule has 0 atom stereocenters. The van der Waals surface area contributed by atoms with Crippen LogP contribution in [0.4, 0.5) is 0 Å². The van der Waals surface area contributed by atoms with Crippen molar-refractivity contribution in [2.45, 2.75) is 48.0 Å². The van der Waals surface area contributed by atoms with E-state index in [-0.39, 0.29) is 59.0 Å². The molecular formula is C50H72N8O11S4. The molecular weight excluding hydrogens is 1020 g/mol. The number of aromatic hydroxyl groups is 2. The summed E-state index contributed by atoms with van der Waals surface area (Å²) in [6.45, 7) is 12.1. The number of phenols is 2. The molecule has 2 fully saturated rings. The summed E-state index contributed by atoms with van der Waals surface area (Å²) in [4.78, 5) is 9.40. The number of benzene rings is 5. The molecule has 5 aromatic carbocycles. The van der Waals surface area contributed by atoms with Crippen LogP contribution in [0.25, 0.3) is 0 Å². The molecule has 23 heteroatoms. The summed E-state index contributed by atoms with van der Waals surface area (Å²) < 4.78 is 116. The number of hydrogen-bond donors (Lipinski definition) is 6. The summed E-state index contributed by atoms with van der Waals surface area (Å²) in [6.07, 6.45) is 0. The van der Waals surface area contributed by atoms with Gasteiger partial charge in [0.25, 0.3) is 0 Å². The van der Waals surface area contributed by atoms with Gasteiger partial charge >= 0.3 is 0 Å². The van der Waals surface area contributed by atoms with E-state index in [4.69, 9.17) is 4.74 Å². The summed E-state index contributed by atoms with van der Waals surface area (Å²) in [5.41, 5.74) is 2.05. The SMILES string of the molecule is C.C.Cc1ccc(S(=O)(=O)NCCN2CCN(CCNS(=O)(=O)c3ccc(OCc4ccccc4)cc3)CC2)cc1.O=S(=O)(NCCN1CCN(CCNS(=O)(=O)c2ccc(O)cc2)CC1)c1ccc(O)cc1. The fourth-order valence-corrected chi connectivity index (χ4v) is 11.7. The van der Waals surface area contributed by atoms with Gasteiger partial charge in [0.15, 0.2) is 0 Å². The fourth-order valence-electron chi connectivity index (χ4n) is 7.58. The van der Waals surface area contributed by atoms with Gasteiger partial charge in [-0.1, -0.05) is 62.9 Å². The molecule has 5 aromatic rings. The van der Waals surface area contributed by atoms with Gasteiger partial charge in [-0.05, 0) is 97.4 Å². The zero-order valence-corrected chi connectivity index (χ0v) is 42.9. The van der Waals surface area contributed by atoms with Gasteiger partial charge in [0.2, 0.25) is 40.1 Å². The van der Waals surface area contributed by atoms with Gasteiger partial charge in [-0.2, -0.15) is 0 Å². The topological polar surface area (TPSA) is 247 Å². The Labute approximate surface area is 433 Å². The van der Waals surface area contributed by atoms with Crippen molar-refractivity contribution in [3.8, 4) is 17.2 Å². The average Bonchev–Trinajstić information content (AvgIpc) is 3.35. The highest BCUT2D eigenvalue weighted by molar-refractivity contribution is 7.90. The van der Waals surface area contributed by atoms with Crippen LogP contribution >= 0.6 is 0 Å². The van der Waals surface area contributed by atoms with Crippen molar-refractivity contribution in [3.63, 3.8) is 0 Å². The summed E-state index contributed by atoms with van der Waals surface area (Å²) in [5, 5.41) is 18.6. The number of phenolic OH excluding ortho intramolecular Hbond substituents is 2. The number of ether oxygens (including phenoxy) is 1. The standard InChI is InChI=1S/C28H36N4O5S2.C20H28N4O6S2.2CH4/c1-24-7-11-27(12-8-24)38(33,34)29-15-17-31-19-21-32(22-20-31)18-16-30-39(35,36)28-13-9-26(10-14-28)37-23-25-5-3-2-4-6-25;25-17-1-5-19(6-2-17)31(27,28)21-9-11-23-13-15-24(16-14-23)12-10-22-32(29,30)20-7-3-18(26)4-8-20;;/h2-14,29-30H,15-23H2,1H3;1-8,21-22,25-26H,9-16H2;2*1H4. The molecule has 0 spiro atoms. The normalized spacial score (nSPS) is 15.3.